The molecule has 0 N–H and O–H groups in total. The van der Waals surface area contributed by atoms with Gasteiger partial charge in [0.25, 0.3) is 0 Å². The Kier molecular flexibility index (Phi) is 6.35. The molecule has 3 heterocycles. The third-order valence-electron chi connectivity index (χ3n) is 6.22. The first-order chi connectivity index (χ1) is 12.5. The lowest BCUT2D eigenvalue weighted by atomic mass is 9.92. The first-order valence-electron chi connectivity index (χ1n) is 10.1. The summed E-state index contributed by atoms with van der Waals surface area (Å²) in [5.74, 6) is 1.35. The minimum Gasteiger partial charge on any atom is -0.338 e. The molecule has 0 aliphatic carbocycles. The number of carbonyl (C=O) groups is 1. The van der Waals surface area contributed by atoms with Crippen molar-refractivity contribution in [3.63, 3.8) is 0 Å². The highest BCUT2D eigenvalue weighted by molar-refractivity contribution is 5.78. The van der Waals surface area contributed by atoms with Crippen LogP contribution in [0.15, 0.2) is 12.4 Å². The maximum atomic E-state index is 13.0. The number of aromatic nitrogens is 2. The molecule has 6 heteroatoms. The molecule has 2 aliphatic rings. The number of piperidine rings is 2. The van der Waals surface area contributed by atoms with Crippen molar-refractivity contribution in [1.82, 2.24) is 24.3 Å². The molecule has 6 nitrogen and oxygen atoms in total. The molecule has 0 radical (unpaired) electrons. The van der Waals surface area contributed by atoms with Crippen LogP contribution in [0, 0.1) is 5.92 Å². The summed E-state index contributed by atoms with van der Waals surface area (Å²) in [5, 5.41) is 0. The van der Waals surface area contributed by atoms with Crippen molar-refractivity contribution in [1.29, 1.82) is 0 Å². The zero-order chi connectivity index (χ0) is 18.7. The van der Waals surface area contributed by atoms with Gasteiger partial charge < -0.3 is 14.4 Å². The first kappa shape index (κ1) is 19.4. The Labute approximate surface area is 158 Å². The molecule has 0 spiro atoms. The van der Waals surface area contributed by atoms with Crippen molar-refractivity contribution in [2.45, 2.75) is 58.2 Å². The SMILES string of the molecule is CC(C)N1CCC(N2CCC[C@@H](C(=O)N(C)Cc3nccn3C)C2)CC1. The summed E-state index contributed by atoms with van der Waals surface area (Å²) in [6.07, 6.45) is 8.35. The van der Waals surface area contributed by atoms with Gasteiger partial charge in [0.1, 0.15) is 5.82 Å². The summed E-state index contributed by atoms with van der Waals surface area (Å²) in [6.45, 7) is 9.62. The largest absolute Gasteiger partial charge is 0.338 e. The molecule has 3 rings (SSSR count). The molecule has 0 saturated carbocycles. The Morgan fingerprint density at radius 1 is 1.27 bits per heavy atom. The van der Waals surface area contributed by atoms with Crippen molar-refractivity contribution in [2.24, 2.45) is 13.0 Å². The van der Waals surface area contributed by atoms with E-state index in [0.29, 0.717) is 18.6 Å². The van der Waals surface area contributed by atoms with Gasteiger partial charge in [-0.15, -0.1) is 0 Å². The lowest BCUT2D eigenvalue weighted by Gasteiger charge is -2.43. The predicted molar refractivity (Wildman–Crippen MR) is 104 cm³/mol. The van der Waals surface area contributed by atoms with Crippen LogP contribution in [0.5, 0.6) is 0 Å². The lowest BCUT2D eigenvalue weighted by Crippen LogP contribution is -2.51. The Bertz CT molecular complexity index is 591. The molecule has 2 saturated heterocycles. The summed E-state index contributed by atoms with van der Waals surface area (Å²) in [6, 6.07) is 1.30. The normalized spacial score (nSPS) is 23.5. The van der Waals surface area contributed by atoms with Crippen LogP contribution in [-0.4, -0.2) is 75.5 Å². The van der Waals surface area contributed by atoms with Gasteiger partial charge in [0.15, 0.2) is 0 Å². The van der Waals surface area contributed by atoms with Crippen LogP contribution < -0.4 is 0 Å². The molecule has 1 aromatic rings. The average Bonchev–Trinajstić information content (AvgIpc) is 3.06. The van der Waals surface area contributed by atoms with Crippen molar-refractivity contribution >= 4 is 5.91 Å². The second kappa shape index (κ2) is 8.53. The predicted octanol–water partition coefficient (Wildman–Crippen LogP) is 1.96. The number of carbonyl (C=O) groups excluding carboxylic acids is 1. The van der Waals surface area contributed by atoms with E-state index >= 15 is 0 Å². The van der Waals surface area contributed by atoms with Gasteiger partial charge in [-0.3, -0.25) is 9.69 Å². The molecule has 2 aliphatic heterocycles. The minimum atomic E-state index is 0.136. The van der Waals surface area contributed by atoms with Gasteiger partial charge in [0.05, 0.1) is 12.5 Å². The van der Waals surface area contributed by atoms with E-state index < -0.39 is 0 Å². The highest BCUT2D eigenvalue weighted by Gasteiger charge is 2.33. The van der Waals surface area contributed by atoms with Gasteiger partial charge in [-0.05, 0) is 59.2 Å². The van der Waals surface area contributed by atoms with Crippen molar-refractivity contribution in [2.75, 3.05) is 33.2 Å². The zero-order valence-corrected chi connectivity index (χ0v) is 16.9. The lowest BCUT2D eigenvalue weighted by molar-refractivity contribution is -0.137. The molecule has 0 unspecified atom stereocenters. The van der Waals surface area contributed by atoms with E-state index in [9.17, 15) is 4.79 Å². The van der Waals surface area contributed by atoms with E-state index in [1.807, 2.05) is 29.8 Å². The summed E-state index contributed by atoms with van der Waals surface area (Å²) < 4.78 is 1.99. The molecule has 1 amide bonds. The van der Waals surface area contributed by atoms with Crippen molar-refractivity contribution in [3.05, 3.63) is 18.2 Å². The third kappa shape index (κ3) is 4.46. The zero-order valence-electron chi connectivity index (χ0n) is 16.9. The number of hydrogen-bond acceptors (Lipinski definition) is 4. The van der Waals surface area contributed by atoms with Crippen LogP contribution in [0.1, 0.15) is 45.4 Å². The molecule has 1 atom stereocenters. The van der Waals surface area contributed by atoms with E-state index in [0.717, 1.165) is 31.8 Å². The van der Waals surface area contributed by atoms with Crippen LogP contribution in [0.3, 0.4) is 0 Å². The molecular formula is C20H35N5O. The Balaban J connectivity index is 1.53. The van der Waals surface area contributed by atoms with Gasteiger partial charge in [0.2, 0.25) is 5.91 Å². The highest BCUT2D eigenvalue weighted by Crippen LogP contribution is 2.25. The number of rotatable bonds is 5. The van der Waals surface area contributed by atoms with Crippen LogP contribution in [0.4, 0.5) is 0 Å². The smallest absolute Gasteiger partial charge is 0.227 e. The number of likely N-dealkylation sites (tertiary alicyclic amines) is 2. The molecule has 26 heavy (non-hydrogen) atoms. The van der Waals surface area contributed by atoms with Gasteiger partial charge in [-0.1, -0.05) is 0 Å². The van der Waals surface area contributed by atoms with Crippen molar-refractivity contribution < 1.29 is 4.79 Å². The van der Waals surface area contributed by atoms with E-state index in [1.54, 1.807) is 6.20 Å². The molecule has 0 aromatic carbocycles. The van der Waals surface area contributed by atoms with Gasteiger partial charge in [-0.2, -0.15) is 0 Å². The highest BCUT2D eigenvalue weighted by atomic mass is 16.2. The van der Waals surface area contributed by atoms with E-state index in [2.05, 4.69) is 28.6 Å². The minimum absolute atomic E-state index is 0.136. The van der Waals surface area contributed by atoms with Gasteiger partial charge >= 0.3 is 0 Å². The Morgan fingerprint density at radius 3 is 2.62 bits per heavy atom. The Morgan fingerprint density at radius 2 is 2.00 bits per heavy atom. The fraction of sp³-hybridized carbons (Fsp3) is 0.800. The quantitative estimate of drug-likeness (QED) is 0.804. The second-order valence-corrected chi connectivity index (χ2v) is 8.34. The molecular weight excluding hydrogens is 326 g/mol. The standard InChI is InChI=1S/C20H35N5O/c1-16(2)24-11-7-18(8-12-24)25-10-5-6-17(14-25)20(26)23(4)15-19-21-9-13-22(19)3/h9,13,16-18H,5-8,10-12,14-15H2,1-4H3/t17-/m1/s1. The Hall–Kier alpha value is -1.40. The second-order valence-electron chi connectivity index (χ2n) is 8.34. The summed E-state index contributed by atoms with van der Waals surface area (Å²) in [4.78, 5) is 24.3. The third-order valence-corrected chi connectivity index (χ3v) is 6.22. The van der Waals surface area contributed by atoms with Gasteiger partial charge in [0, 0.05) is 45.1 Å². The maximum Gasteiger partial charge on any atom is 0.227 e. The fourth-order valence-corrected chi connectivity index (χ4v) is 4.46. The van der Waals surface area contributed by atoms with E-state index in [1.165, 1.54) is 25.9 Å². The number of nitrogens with zero attached hydrogens (tertiary/aromatic N) is 5. The summed E-state index contributed by atoms with van der Waals surface area (Å²) in [7, 11) is 3.89. The number of imidazole rings is 1. The maximum absolute atomic E-state index is 13.0. The summed E-state index contributed by atoms with van der Waals surface area (Å²) >= 11 is 0. The van der Waals surface area contributed by atoms with Gasteiger partial charge in [-0.25, -0.2) is 4.98 Å². The first-order valence-corrected chi connectivity index (χ1v) is 10.1. The van der Waals surface area contributed by atoms with Crippen LogP contribution in [-0.2, 0) is 18.4 Å². The van der Waals surface area contributed by atoms with Crippen LogP contribution >= 0.6 is 0 Å². The van der Waals surface area contributed by atoms with Crippen LogP contribution in [0.2, 0.25) is 0 Å². The monoisotopic (exact) mass is 361 g/mol. The van der Waals surface area contributed by atoms with E-state index in [-0.39, 0.29) is 11.8 Å². The number of amides is 1. The summed E-state index contributed by atoms with van der Waals surface area (Å²) in [5.41, 5.74) is 0. The number of aryl methyl sites for hydroxylation is 1. The molecule has 1 aromatic heterocycles. The number of hydrogen-bond donors (Lipinski definition) is 0. The van der Waals surface area contributed by atoms with Crippen LogP contribution in [0.25, 0.3) is 0 Å². The topological polar surface area (TPSA) is 44.6 Å². The van der Waals surface area contributed by atoms with Crippen molar-refractivity contribution in [3.8, 4) is 0 Å². The fourth-order valence-electron chi connectivity index (χ4n) is 4.46. The molecule has 146 valence electrons. The van der Waals surface area contributed by atoms with E-state index in [4.69, 9.17) is 0 Å². The molecule has 2 fully saturated rings. The molecule has 0 bridgehead atoms. The average molecular weight is 362 g/mol.